The van der Waals surface area contributed by atoms with Crippen molar-refractivity contribution in [3.05, 3.63) is 46.1 Å². The van der Waals surface area contributed by atoms with E-state index in [9.17, 15) is 71.2 Å². The number of aliphatic hydroxyl groups is 10. The van der Waals surface area contributed by atoms with Gasteiger partial charge in [0.1, 0.15) is 101 Å². The van der Waals surface area contributed by atoms with Crippen LogP contribution in [0.15, 0.2) is 39.5 Å². The summed E-state index contributed by atoms with van der Waals surface area (Å²) < 4.78 is 34.0. The highest BCUT2D eigenvalue weighted by Gasteiger charge is 2.50. The summed E-state index contributed by atoms with van der Waals surface area (Å²) in [6, 6.07) is 5.45. The van der Waals surface area contributed by atoms with E-state index in [2.05, 4.69) is 0 Å². The molecule has 20 heteroatoms. The first-order valence-electron chi connectivity index (χ1n) is 16.4. The van der Waals surface area contributed by atoms with Crippen molar-refractivity contribution in [2.24, 2.45) is 0 Å². The zero-order chi connectivity index (χ0) is 38.6. The second kappa shape index (κ2) is 15.2. The highest BCUT2D eigenvalue weighted by molar-refractivity contribution is 5.88. The topological polar surface area (TPSA) is 339 Å². The van der Waals surface area contributed by atoms with Gasteiger partial charge in [-0.3, -0.25) is 4.79 Å². The van der Waals surface area contributed by atoms with E-state index in [1.165, 1.54) is 13.0 Å². The lowest BCUT2D eigenvalue weighted by atomic mass is 9.89. The Morgan fingerprint density at radius 1 is 0.679 bits per heavy atom. The monoisotopic (exact) mass is 756 g/mol. The molecule has 20 nitrogen and oxygen atoms in total. The van der Waals surface area contributed by atoms with E-state index in [0.29, 0.717) is 0 Å². The predicted octanol–water partition coefficient (Wildman–Crippen LogP) is -3.88. The molecule has 15 atom stereocenters. The molecule has 0 spiro atoms. The third kappa shape index (κ3) is 7.15. The third-order valence-corrected chi connectivity index (χ3v) is 9.58. The van der Waals surface area contributed by atoms with Crippen LogP contribution in [0.2, 0.25) is 0 Å². The number of fused-ring (bicyclic) bond motifs is 1. The van der Waals surface area contributed by atoms with Gasteiger partial charge in [0.25, 0.3) is 0 Å². The highest BCUT2D eigenvalue weighted by atomic mass is 16.7. The molecule has 6 rings (SSSR count). The smallest absolute Gasteiger partial charge is 0.229 e. The van der Waals surface area contributed by atoms with Crippen LogP contribution in [0, 0.1) is 0 Å². The standard InChI is InChI=1S/C33H40O20/c1-9-21(38)25(42)29(46)32(49-9)48-8-18-23(40)27(44)30(47)33(53-18)52-16-6-15-19(13(37)5-14(50-15)10-2-3-11(35)12(36)4-10)24(41)20(16)31-28(45)26(43)22(39)17(7-34)51-31/h2-6,9,17-18,21-23,25-36,38-47H,7-8H2,1H3/t9-,17+,18+,21-,22+,23+,25+,26-,27-,28+,29+,30+,31-,32+,33+/m0/s1. The highest BCUT2D eigenvalue weighted by Crippen LogP contribution is 2.46. The average Bonchev–Trinajstić information content (AvgIpc) is 3.12. The SMILES string of the molecule is C[C@@H]1O[C@@H](OC[C@H]2O[C@@H](Oc3cc4oc(-c5ccc(O)c(O)c5)cc(=O)c4c(O)c3[C@@H]3O[C@H](CO)[C@@H](O)[C@H](O)[C@H]3O)[C@H](O)[C@@H](O)[C@@H]2O)[C@H](O)[C@H](O)[C@H]1O. The fourth-order valence-corrected chi connectivity index (χ4v) is 6.44. The van der Waals surface area contributed by atoms with Gasteiger partial charge in [0.2, 0.25) is 6.29 Å². The second-order valence-electron chi connectivity index (χ2n) is 13.1. The normalized spacial score (nSPS) is 37.8. The number of aromatic hydroxyl groups is 3. The van der Waals surface area contributed by atoms with Gasteiger partial charge in [-0.1, -0.05) is 0 Å². The minimum atomic E-state index is -2.05. The van der Waals surface area contributed by atoms with Gasteiger partial charge in [-0.2, -0.15) is 0 Å². The van der Waals surface area contributed by atoms with Crippen molar-refractivity contribution >= 4 is 11.0 Å². The zero-order valence-corrected chi connectivity index (χ0v) is 27.6. The van der Waals surface area contributed by atoms with Crippen molar-refractivity contribution in [2.75, 3.05) is 13.2 Å². The van der Waals surface area contributed by atoms with Gasteiger partial charge in [0, 0.05) is 17.7 Å². The van der Waals surface area contributed by atoms with Gasteiger partial charge in [0.05, 0.1) is 24.9 Å². The number of hydrogen-bond acceptors (Lipinski definition) is 20. The molecule has 0 saturated carbocycles. The lowest BCUT2D eigenvalue weighted by Gasteiger charge is -2.43. The lowest BCUT2D eigenvalue weighted by molar-refractivity contribution is -0.318. The summed E-state index contributed by atoms with van der Waals surface area (Å²) in [5.41, 5.74) is -1.74. The summed E-state index contributed by atoms with van der Waals surface area (Å²) in [6.07, 6.45) is -26.0. The number of aliphatic hydroxyl groups excluding tert-OH is 10. The van der Waals surface area contributed by atoms with Crippen LogP contribution < -0.4 is 10.2 Å². The van der Waals surface area contributed by atoms with Crippen molar-refractivity contribution in [2.45, 2.75) is 98.9 Å². The fourth-order valence-electron chi connectivity index (χ4n) is 6.44. The first-order chi connectivity index (χ1) is 25.0. The third-order valence-electron chi connectivity index (χ3n) is 9.58. The summed E-state index contributed by atoms with van der Waals surface area (Å²) in [7, 11) is 0. The van der Waals surface area contributed by atoms with Crippen LogP contribution in [0.25, 0.3) is 22.3 Å². The minimum Gasteiger partial charge on any atom is -0.506 e. The van der Waals surface area contributed by atoms with Gasteiger partial charge in [-0.15, -0.1) is 0 Å². The van der Waals surface area contributed by atoms with E-state index in [-0.39, 0.29) is 11.3 Å². The van der Waals surface area contributed by atoms with Crippen LogP contribution in [-0.2, 0) is 18.9 Å². The molecule has 0 aliphatic carbocycles. The molecule has 13 N–H and O–H groups in total. The Hall–Kier alpha value is -3.71. The molecule has 3 fully saturated rings. The van der Waals surface area contributed by atoms with Gasteiger partial charge in [0.15, 0.2) is 23.2 Å². The Bertz CT molecular complexity index is 1830. The van der Waals surface area contributed by atoms with Gasteiger partial charge in [-0.05, 0) is 25.1 Å². The van der Waals surface area contributed by atoms with Crippen molar-refractivity contribution in [3.63, 3.8) is 0 Å². The van der Waals surface area contributed by atoms with Crippen LogP contribution in [0.1, 0.15) is 18.6 Å². The van der Waals surface area contributed by atoms with E-state index >= 15 is 0 Å². The Balaban J connectivity index is 1.39. The van der Waals surface area contributed by atoms with E-state index < -0.39 is 150 Å². The summed E-state index contributed by atoms with van der Waals surface area (Å²) >= 11 is 0. The van der Waals surface area contributed by atoms with Gasteiger partial charge >= 0.3 is 0 Å². The van der Waals surface area contributed by atoms with Gasteiger partial charge in [-0.25, -0.2) is 0 Å². The predicted molar refractivity (Wildman–Crippen MR) is 171 cm³/mol. The van der Waals surface area contributed by atoms with Crippen LogP contribution in [0.4, 0.5) is 0 Å². The quantitative estimate of drug-likeness (QED) is 0.0978. The first-order valence-corrected chi connectivity index (χ1v) is 16.4. The molecule has 1 aromatic heterocycles. The molecule has 3 saturated heterocycles. The Labute approximate surface area is 298 Å². The molecule has 2 aromatic carbocycles. The van der Waals surface area contributed by atoms with Crippen LogP contribution in [0.5, 0.6) is 23.0 Å². The Morgan fingerprint density at radius 2 is 1.32 bits per heavy atom. The van der Waals surface area contributed by atoms with E-state index in [0.717, 1.165) is 24.3 Å². The molecular formula is C33H40O20. The first kappa shape index (κ1) is 39.0. The molecular weight excluding hydrogens is 716 g/mol. The van der Waals surface area contributed by atoms with Crippen LogP contribution in [-0.4, -0.2) is 165 Å². The average molecular weight is 757 g/mol. The summed E-state index contributed by atoms with van der Waals surface area (Å²) in [5, 5.41) is 135. The Morgan fingerprint density at radius 3 is 2.00 bits per heavy atom. The maximum Gasteiger partial charge on any atom is 0.229 e. The molecule has 0 amide bonds. The minimum absolute atomic E-state index is 0.105. The number of ether oxygens (including phenoxy) is 5. The zero-order valence-electron chi connectivity index (χ0n) is 27.6. The van der Waals surface area contributed by atoms with Gasteiger partial charge < -0.3 is 94.5 Å². The van der Waals surface area contributed by atoms with E-state index in [4.69, 9.17) is 28.1 Å². The fraction of sp³-hybridized carbons (Fsp3) is 0.545. The molecule has 3 aromatic rings. The van der Waals surface area contributed by atoms with Crippen molar-refractivity contribution in [1.82, 2.24) is 0 Å². The summed E-state index contributed by atoms with van der Waals surface area (Å²) in [6.45, 7) is -0.138. The molecule has 292 valence electrons. The van der Waals surface area contributed by atoms with Crippen LogP contribution >= 0.6 is 0 Å². The maximum absolute atomic E-state index is 13.5. The molecule has 0 radical (unpaired) electrons. The van der Waals surface area contributed by atoms with Crippen molar-refractivity contribution in [1.29, 1.82) is 0 Å². The largest absolute Gasteiger partial charge is 0.506 e. The molecule has 3 aliphatic rings. The van der Waals surface area contributed by atoms with Crippen molar-refractivity contribution in [3.8, 4) is 34.3 Å². The molecule has 53 heavy (non-hydrogen) atoms. The Kier molecular flexibility index (Phi) is 11.2. The molecule has 4 heterocycles. The van der Waals surface area contributed by atoms with Crippen molar-refractivity contribution < 1.29 is 94.5 Å². The number of phenols is 3. The summed E-state index contributed by atoms with van der Waals surface area (Å²) in [5.74, 6) is -2.71. The molecule has 3 aliphatic heterocycles. The molecule has 0 unspecified atom stereocenters. The number of rotatable bonds is 8. The maximum atomic E-state index is 13.5. The lowest BCUT2D eigenvalue weighted by Crippen LogP contribution is -2.61. The van der Waals surface area contributed by atoms with Crippen LogP contribution in [0.3, 0.4) is 0 Å². The number of phenolic OH excluding ortho intramolecular Hbond substituents is 3. The summed E-state index contributed by atoms with van der Waals surface area (Å²) in [4.78, 5) is 13.5. The second-order valence-corrected chi connectivity index (χ2v) is 13.1. The van der Waals surface area contributed by atoms with E-state index in [1.807, 2.05) is 0 Å². The number of hydrogen-bond donors (Lipinski definition) is 13. The number of benzene rings is 2. The van der Waals surface area contributed by atoms with E-state index in [1.54, 1.807) is 0 Å². The molecule has 0 bridgehead atoms.